The molecule has 5 nitrogen and oxygen atoms in total. The van der Waals surface area contributed by atoms with Crippen molar-refractivity contribution in [2.24, 2.45) is 11.5 Å². The predicted octanol–water partition coefficient (Wildman–Crippen LogP) is 0.564. The summed E-state index contributed by atoms with van der Waals surface area (Å²) in [6.07, 6.45) is 0.905. The highest BCUT2D eigenvalue weighted by molar-refractivity contribution is 5.42. The number of ether oxygens (including phenoxy) is 2. The Morgan fingerprint density at radius 1 is 1.11 bits per heavy atom. The second-order valence-corrected chi connectivity index (χ2v) is 5.14. The fourth-order valence-corrected chi connectivity index (χ4v) is 2.64. The predicted molar refractivity (Wildman–Crippen MR) is 75.4 cm³/mol. The first kappa shape index (κ1) is 14.1. The lowest BCUT2D eigenvalue weighted by atomic mass is 10.0. The van der Waals surface area contributed by atoms with Gasteiger partial charge in [-0.2, -0.15) is 0 Å². The standard InChI is InChI=1S/C14H23N3O2/c1-18-13-4-3-10(5-14(13)19-2)7-17-8-11(15)6-12(16)9-17/h3-5,11-12H,6-9,15-16H2,1-2H3. The molecule has 1 saturated heterocycles. The Hall–Kier alpha value is -1.30. The zero-order valence-electron chi connectivity index (χ0n) is 11.6. The normalized spacial score (nSPS) is 24.2. The van der Waals surface area contributed by atoms with Crippen LogP contribution in [-0.2, 0) is 6.54 Å². The Kier molecular flexibility index (Phi) is 4.63. The second kappa shape index (κ2) is 6.23. The first-order valence-corrected chi connectivity index (χ1v) is 6.56. The lowest BCUT2D eigenvalue weighted by Crippen LogP contribution is -2.51. The number of nitrogens with two attached hydrogens (primary N) is 2. The van der Waals surface area contributed by atoms with Crippen molar-refractivity contribution in [3.05, 3.63) is 23.8 Å². The highest BCUT2D eigenvalue weighted by atomic mass is 16.5. The van der Waals surface area contributed by atoms with Crippen molar-refractivity contribution in [1.29, 1.82) is 0 Å². The zero-order valence-corrected chi connectivity index (χ0v) is 11.6. The van der Waals surface area contributed by atoms with Crippen LogP contribution in [0, 0.1) is 0 Å². The van der Waals surface area contributed by atoms with Crippen molar-refractivity contribution < 1.29 is 9.47 Å². The second-order valence-electron chi connectivity index (χ2n) is 5.14. The monoisotopic (exact) mass is 265 g/mol. The summed E-state index contributed by atoms with van der Waals surface area (Å²) in [4.78, 5) is 2.29. The summed E-state index contributed by atoms with van der Waals surface area (Å²) in [7, 11) is 3.29. The molecule has 2 rings (SSSR count). The molecule has 0 bridgehead atoms. The average Bonchev–Trinajstić information content (AvgIpc) is 2.37. The maximum Gasteiger partial charge on any atom is 0.161 e. The van der Waals surface area contributed by atoms with E-state index >= 15 is 0 Å². The minimum absolute atomic E-state index is 0.170. The third-order valence-electron chi connectivity index (χ3n) is 3.45. The number of nitrogens with zero attached hydrogens (tertiary/aromatic N) is 1. The molecule has 0 spiro atoms. The first-order valence-electron chi connectivity index (χ1n) is 6.56. The summed E-state index contributed by atoms with van der Waals surface area (Å²) in [6.45, 7) is 2.62. The van der Waals surface area contributed by atoms with E-state index in [1.807, 2.05) is 18.2 Å². The molecule has 1 aromatic carbocycles. The Morgan fingerprint density at radius 3 is 2.32 bits per heavy atom. The van der Waals surface area contributed by atoms with E-state index < -0.39 is 0 Å². The Labute approximate surface area is 114 Å². The van der Waals surface area contributed by atoms with Crippen LogP contribution in [0.3, 0.4) is 0 Å². The topological polar surface area (TPSA) is 73.7 Å². The van der Waals surface area contributed by atoms with E-state index in [1.54, 1.807) is 14.2 Å². The zero-order chi connectivity index (χ0) is 13.8. The highest BCUT2D eigenvalue weighted by Gasteiger charge is 2.22. The fourth-order valence-electron chi connectivity index (χ4n) is 2.64. The van der Waals surface area contributed by atoms with Gasteiger partial charge < -0.3 is 20.9 Å². The summed E-state index contributed by atoms with van der Waals surface area (Å²) in [5.41, 5.74) is 13.2. The summed E-state index contributed by atoms with van der Waals surface area (Å²) >= 11 is 0. The molecular weight excluding hydrogens is 242 g/mol. The van der Waals surface area contributed by atoms with Crippen molar-refractivity contribution in [2.75, 3.05) is 27.3 Å². The molecule has 0 aliphatic carbocycles. The lowest BCUT2D eigenvalue weighted by molar-refractivity contribution is 0.182. The number of hydrogen-bond acceptors (Lipinski definition) is 5. The van der Waals surface area contributed by atoms with Gasteiger partial charge in [0.05, 0.1) is 14.2 Å². The van der Waals surface area contributed by atoms with Crippen molar-refractivity contribution in [1.82, 2.24) is 4.90 Å². The molecule has 106 valence electrons. The van der Waals surface area contributed by atoms with E-state index in [2.05, 4.69) is 4.90 Å². The Morgan fingerprint density at radius 2 is 1.74 bits per heavy atom. The molecule has 5 heteroatoms. The molecule has 1 fully saturated rings. The van der Waals surface area contributed by atoms with Crippen LogP contribution < -0.4 is 20.9 Å². The van der Waals surface area contributed by atoms with E-state index in [0.29, 0.717) is 0 Å². The number of piperidine rings is 1. The Bertz CT molecular complexity index is 415. The van der Waals surface area contributed by atoms with Crippen LogP contribution in [0.2, 0.25) is 0 Å². The van der Waals surface area contributed by atoms with Gasteiger partial charge in [0.15, 0.2) is 11.5 Å². The molecule has 1 aliphatic heterocycles. The molecule has 2 unspecified atom stereocenters. The van der Waals surface area contributed by atoms with Gasteiger partial charge in [0, 0.05) is 31.7 Å². The van der Waals surface area contributed by atoms with Crippen LogP contribution in [0.4, 0.5) is 0 Å². The van der Waals surface area contributed by atoms with E-state index in [9.17, 15) is 0 Å². The fraction of sp³-hybridized carbons (Fsp3) is 0.571. The molecule has 2 atom stereocenters. The van der Waals surface area contributed by atoms with E-state index in [0.717, 1.165) is 37.6 Å². The summed E-state index contributed by atoms with van der Waals surface area (Å²) < 4.78 is 10.6. The van der Waals surface area contributed by atoms with Crippen LogP contribution in [-0.4, -0.2) is 44.3 Å². The molecule has 19 heavy (non-hydrogen) atoms. The van der Waals surface area contributed by atoms with E-state index in [4.69, 9.17) is 20.9 Å². The Balaban J connectivity index is 2.06. The number of benzene rings is 1. The van der Waals surface area contributed by atoms with Gasteiger partial charge in [-0.05, 0) is 24.1 Å². The molecule has 1 heterocycles. The number of rotatable bonds is 4. The van der Waals surface area contributed by atoms with Crippen LogP contribution >= 0.6 is 0 Å². The van der Waals surface area contributed by atoms with Crippen LogP contribution in [0.25, 0.3) is 0 Å². The van der Waals surface area contributed by atoms with Gasteiger partial charge in [0.25, 0.3) is 0 Å². The quantitative estimate of drug-likeness (QED) is 0.832. The first-order chi connectivity index (χ1) is 9.12. The maximum atomic E-state index is 6.00. The van der Waals surface area contributed by atoms with Crippen LogP contribution in [0.5, 0.6) is 11.5 Å². The summed E-state index contributed by atoms with van der Waals surface area (Å²) in [6, 6.07) is 6.32. The number of methoxy groups -OCH3 is 2. The van der Waals surface area contributed by atoms with Gasteiger partial charge >= 0.3 is 0 Å². The molecule has 0 saturated carbocycles. The largest absolute Gasteiger partial charge is 0.493 e. The van der Waals surface area contributed by atoms with Gasteiger partial charge in [-0.3, -0.25) is 4.90 Å². The SMILES string of the molecule is COc1ccc(CN2CC(N)CC(N)C2)cc1OC. The van der Waals surface area contributed by atoms with E-state index in [1.165, 1.54) is 5.56 Å². The van der Waals surface area contributed by atoms with Crippen LogP contribution in [0.15, 0.2) is 18.2 Å². The van der Waals surface area contributed by atoms with Gasteiger partial charge in [-0.15, -0.1) is 0 Å². The van der Waals surface area contributed by atoms with Crippen molar-refractivity contribution in [3.8, 4) is 11.5 Å². The van der Waals surface area contributed by atoms with E-state index in [-0.39, 0.29) is 12.1 Å². The van der Waals surface area contributed by atoms with Gasteiger partial charge in [0.2, 0.25) is 0 Å². The van der Waals surface area contributed by atoms with Gasteiger partial charge in [0.1, 0.15) is 0 Å². The molecule has 1 aromatic rings. The maximum absolute atomic E-state index is 6.00. The van der Waals surface area contributed by atoms with Gasteiger partial charge in [-0.25, -0.2) is 0 Å². The third-order valence-corrected chi connectivity index (χ3v) is 3.45. The van der Waals surface area contributed by atoms with Crippen molar-refractivity contribution in [2.45, 2.75) is 25.0 Å². The summed E-state index contributed by atoms with van der Waals surface area (Å²) in [5, 5.41) is 0. The summed E-state index contributed by atoms with van der Waals surface area (Å²) in [5.74, 6) is 1.50. The van der Waals surface area contributed by atoms with Crippen molar-refractivity contribution >= 4 is 0 Å². The smallest absolute Gasteiger partial charge is 0.161 e. The van der Waals surface area contributed by atoms with Gasteiger partial charge in [-0.1, -0.05) is 6.07 Å². The lowest BCUT2D eigenvalue weighted by Gasteiger charge is -2.34. The third kappa shape index (κ3) is 3.59. The molecule has 4 N–H and O–H groups in total. The minimum Gasteiger partial charge on any atom is -0.493 e. The molecule has 1 aliphatic rings. The minimum atomic E-state index is 0.170. The number of hydrogen-bond donors (Lipinski definition) is 2. The molecular formula is C14H23N3O2. The average molecular weight is 265 g/mol. The van der Waals surface area contributed by atoms with Crippen molar-refractivity contribution in [3.63, 3.8) is 0 Å². The number of likely N-dealkylation sites (tertiary alicyclic amines) is 1. The highest BCUT2D eigenvalue weighted by Crippen LogP contribution is 2.28. The van der Waals surface area contributed by atoms with Crippen LogP contribution in [0.1, 0.15) is 12.0 Å². The molecule has 0 amide bonds. The molecule has 0 aromatic heterocycles. The molecule has 0 radical (unpaired) electrons.